The predicted octanol–water partition coefficient (Wildman–Crippen LogP) is 4.66. The number of fused-ring (bicyclic) bond motifs is 1. The summed E-state index contributed by atoms with van der Waals surface area (Å²) in [6, 6.07) is 4.12. The van der Waals surface area contributed by atoms with E-state index in [2.05, 4.69) is 28.7 Å². The number of nitrogens with one attached hydrogen (secondary N) is 1. The van der Waals surface area contributed by atoms with E-state index in [-0.39, 0.29) is 0 Å². The molecule has 0 radical (unpaired) electrons. The zero-order valence-electron chi connectivity index (χ0n) is 11.6. The zero-order chi connectivity index (χ0) is 14.5. The molecule has 0 aliphatic rings. The van der Waals surface area contributed by atoms with E-state index in [1.165, 1.54) is 5.56 Å². The molecule has 0 aliphatic carbocycles. The summed E-state index contributed by atoms with van der Waals surface area (Å²) < 4.78 is 5.16. The van der Waals surface area contributed by atoms with Gasteiger partial charge in [0.2, 0.25) is 0 Å². The number of allylic oxidation sites excluding steroid dienone is 5. The molecule has 3 aromatic rings. The van der Waals surface area contributed by atoms with E-state index in [4.69, 9.17) is 4.42 Å². The second-order valence-corrected chi connectivity index (χ2v) is 4.71. The van der Waals surface area contributed by atoms with Crippen molar-refractivity contribution >= 4 is 11.0 Å². The molecule has 21 heavy (non-hydrogen) atoms. The lowest BCUT2D eigenvalue weighted by molar-refractivity contribution is 0.568. The quantitative estimate of drug-likeness (QED) is 0.688. The number of H-pyrrole nitrogens is 1. The van der Waals surface area contributed by atoms with Crippen molar-refractivity contribution in [3.05, 3.63) is 79.6 Å². The zero-order valence-corrected chi connectivity index (χ0v) is 11.6. The van der Waals surface area contributed by atoms with Crippen molar-refractivity contribution in [1.29, 1.82) is 0 Å². The van der Waals surface area contributed by atoms with Gasteiger partial charge in [-0.25, -0.2) is 4.98 Å². The van der Waals surface area contributed by atoms with Crippen LogP contribution >= 0.6 is 0 Å². The van der Waals surface area contributed by atoms with E-state index in [1.807, 2.05) is 36.7 Å². The summed E-state index contributed by atoms with van der Waals surface area (Å²) in [6.45, 7) is 3.64. The number of rotatable bonds is 5. The standard InChI is InChI=1S/C18H16N2O/c1-2-3-4-5-6-7-14-10-16-17(15-8-9-21-13-15)12-20-18(16)19-11-14/h2-6,8-13H,1,7H2,(H,19,20)/b4-3-,6-5-. The Hall–Kier alpha value is -2.81. The molecule has 3 heterocycles. The van der Waals surface area contributed by atoms with Gasteiger partial charge in [-0.3, -0.25) is 0 Å². The average Bonchev–Trinajstić information content (AvgIpc) is 3.15. The fourth-order valence-electron chi connectivity index (χ4n) is 2.24. The van der Waals surface area contributed by atoms with Crippen LogP contribution in [0, 0.1) is 0 Å². The molecule has 0 atom stereocenters. The van der Waals surface area contributed by atoms with Gasteiger partial charge in [0.05, 0.1) is 12.5 Å². The molecule has 0 aromatic carbocycles. The van der Waals surface area contributed by atoms with Crippen molar-refractivity contribution in [2.45, 2.75) is 6.42 Å². The third-order valence-electron chi connectivity index (χ3n) is 3.27. The first-order valence-corrected chi connectivity index (χ1v) is 6.81. The van der Waals surface area contributed by atoms with Crippen LogP contribution in [0.4, 0.5) is 0 Å². The summed E-state index contributed by atoms with van der Waals surface area (Å²) in [7, 11) is 0. The Kier molecular flexibility index (Phi) is 3.83. The lowest BCUT2D eigenvalue weighted by Crippen LogP contribution is -1.84. The molecule has 3 heteroatoms. The first-order valence-electron chi connectivity index (χ1n) is 6.81. The summed E-state index contributed by atoms with van der Waals surface area (Å²) in [5, 5.41) is 1.11. The van der Waals surface area contributed by atoms with Crippen molar-refractivity contribution in [2.24, 2.45) is 0 Å². The van der Waals surface area contributed by atoms with Crippen molar-refractivity contribution < 1.29 is 4.42 Å². The van der Waals surface area contributed by atoms with Crippen LogP contribution in [0.5, 0.6) is 0 Å². The molecule has 1 N–H and O–H groups in total. The van der Waals surface area contributed by atoms with E-state index in [9.17, 15) is 0 Å². The maximum Gasteiger partial charge on any atom is 0.137 e. The third-order valence-corrected chi connectivity index (χ3v) is 3.27. The van der Waals surface area contributed by atoms with Crippen molar-refractivity contribution in [3.63, 3.8) is 0 Å². The average molecular weight is 276 g/mol. The third kappa shape index (κ3) is 2.87. The molecule has 0 saturated carbocycles. The maximum absolute atomic E-state index is 5.16. The fourth-order valence-corrected chi connectivity index (χ4v) is 2.24. The lowest BCUT2D eigenvalue weighted by Gasteiger charge is -1.98. The summed E-state index contributed by atoms with van der Waals surface area (Å²) in [4.78, 5) is 7.67. The monoisotopic (exact) mass is 276 g/mol. The second-order valence-electron chi connectivity index (χ2n) is 4.71. The maximum atomic E-state index is 5.16. The van der Waals surface area contributed by atoms with Gasteiger partial charge < -0.3 is 9.40 Å². The van der Waals surface area contributed by atoms with Crippen molar-refractivity contribution in [2.75, 3.05) is 0 Å². The number of hydrogen-bond acceptors (Lipinski definition) is 2. The molecular weight excluding hydrogens is 260 g/mol. The molecule has 0 spiro atoms. The van der Waals surface area contributed by atoms with Gasteiger partial charge in [0, 0.05) is 28.9 Å². The number of nitrogens with zero attached hydrogens (tertiary/aromatic N) is 1. The highest BCUT2D eigenvalue weighted by Crippen LogP contribution is 2.28. The topological polar surface area (TPSA) is 41.8 Å². The van der Waals surface area contributed by atoms with Crippen LogP contribution < -0.4 is 0 Å². The van der Waals surface area contributed by atoms with Gasteiger partial charge in [-0.05, 0) is 24.1 Å². The Morgan fingerprint density at radius 1 is 1.29 bits per heavy atom. The predicted molar refractivity (Wildman–Crippen MR) is 86.0 cm³/mol. The van der Waals surface area contributed by atoms with E-state index < -0.39 is 0 Å². The molecule has 3 aromatic heterocycles. The Labute approximate surface area is 123 Å². The van der Waals surface area contributed by atoms with Crippen LogP contribution in [0.3, 0.4) is 0 Å². The first-order chi connectivity index (χ1) is 10.4. The summed E-state index contributed by atoms with van der Waals surface area (Å²) in [5.74, 6) is 0. The molecule has 0 saturated heterocycles. The van der Waals surface area contributed by atoms with E-state index in [0.717, 1.165) is 28.6 Å². The SMILES string of the molecule is C=C/C=C\C=C/Cc1cnc2[nH]cc(-c3ccoc3)c2c1. The normalized spacial score (nSPS) is 11.8. The smallest absolute Gasteiger partial charge is 0.137 e. The lowest BCUT2D eigenvalue weighted by atomic mass is 10.1. The Morgan fingerprint density at radius 2 is 2.24 bits per heavy atom. The van der Waals surface area contributed by atoms with Crippen LogP contribution in [-0.4, -0.2) is 9.97 Å². The van der Waals surface area contributed by atoms with Gasteiger partial charge in [-0.2, -0.15) is 0 Å². The molecule has 3 rings (SSSR count). The van der Waals surface area contributed by atoms with Crippen LogP contribution in [0.1, 0.15) is 5.56 Å². The van der Waals surface area contributed by atoms with Gasteiger partial charge in [0.15, 0.2) is 0 Å². The minimum absolute atomic E-state index is 0.848. The van der Waals surface area contributed by atoms with Crippen molar-refractivity contribution in [3.8, 4) is 11.1 Å². The molecular formula is C18H16N2O. The molecule has 3 nitrogen and oxygen atoms in total. The fraction of sp³-hybridized carbons (Fsp3) is 0.0556. The highest BCUT2D eigenvalue weighted by atomic mass is 16.3. The van der Waals surface area contributed by atoms with Crippen LogP contribution in [0.15, 0.2) is 78.4 Å². The van der Waals surface area contributed by atoms with Gasteiger partial charge in [-0.15, -0.1) is 0 Å². The summed E-state index contributed by atoms with van der Waals surface area (Å²) in [6.07, 6.45) is 17.9. The molecule has 0 bridgehead atoms. The second kappa shape index (κ2) is 6.09. The van der Waals surface area contributed by atoms with Crippen LogP contribution in [0.2, 0.25) is 0 Å². The Balaban J connectivity index is 1.88. The largest absolute Gasteiger partial charge is 0.472 e. The molecule has 0 amide bonds. The van der Waals surface area contributed by atoms with Crippen molar-refractivity contribution in [1.82, 2.24) is 9.97 Å². The van der Waals surface area contributed by atoms with Gasteiger partial charge >= 0.3 is 0 Å². The minimum atomic E-state index is 0.848. The minimum Gasteiger partial charge on any atom is -0.472 e. The molecule has 0 fully saturated rings. The summed E-state index contributed by atoms with van der Waals surface area (Å²) in [5.41, 5.74) is 4.24. The van der Waals surface area contributed by atoms with Gasteiger partial charge in [0.25, 0.3) is 0 Å². The van der Waals surface area contributed by atoms with E-state index >= 15 is 0 Å². The number of aromatic amines is 1. The number of furan rings is 1. The van der Waals surface area contributed by atoms with Crippen LogP contribution in [-0.2, 0) is 6.42 Å². The number of aromatic nitrogens is 2. The number of hydrogen-bond donors (Lipinski definition) is 1. The molecule has 0 unspecified atom stereocenters. The highest BCUT2D eigenvalue weighted by Gasteiger charge is 2.08. The molecule has 104 valence electrons. The van der Waals surface area contributed by atoms with E-state index in [1.54, 1.807) is 18.6 Å². The van der Waals surface area contributed by atoms with Crippen LogP contribution in [0.25, 0.3) is 22.2 Å². The van der Waals surface area contributed by atoms with Gasteiger partial charge in [-0.1, -0.05) is 37.0 Å². The highest BCUT2D eigenvalue weighted by molar-refractivity contribution is 5.93. The van der Waals surface area contributed by atoms with Gasteiger partial charge in [0.1, 0.15) is 5.65 Å². The molecule has 0 aliphatic heterocycles. The first kappa shape index (κ1) is 13.2. The Morgan fingerprint density at radius 3 is 3.05 bits per heavy atom. The summed E-state index contributed by atoms with van der Waals surface area (Å²) >= 11 is 0. The number of pyridine rings is 1. The van der Waals surface area contributed by atoms with E-state index in [0.29, 0.717) is 0 Å². The Bertz CT molecular complexity index is 792.